The van der Waals surface area contributed by atoms with E-state index in [1.807, 2.05) is 6.92 Å². The number of rotatable bonds is 5. The van der Waals surface area contributed by atoms with E-state index in [-0.39, 0.29) is 18.2 Å². The zero-order valence-electron chi connectivity index (χ0n) is 20.3. The highest BCUT2D eigenvalue weighted by Crippen LogP contribution is 2.46. The summed E-state index contributed by atoms with van der Waals surface area (Å²) in [6.07, 6.45) is 2.52. The second-order valence-electron chi connectivity index (χ2n) is 9.96. The van der Waals surface area contributed by atoms with E-state index in [1.165, 1.54) is 11.3 Å². The van der Waals surface area contributed by atoms with Crippen molar-refractivity contribution in [2.24, 2.45) is 0 Å². The lowest BCUT2D eigenvalue weighted by Gasteiger charge is -2.50. The van der Waals surface area contributed by atoms with Crippen LogP contribution in [0.4, 0.5) is 10.5 Å². The van der Waals surface area contributed by atoms with Crippen molar-refractivity contribution in [1.82, 2.24) is 4.90 Å². The molecule has 2 aliphatic rings. The minimum Gasteiger partial charge on any atom is -0.462 e. The van der Waals surface area contributed by atoms with Crippen molar-refractivity contribution in [2.45, 2.75) is 85.4 Å². The Labute approximate surface area is 195 Å². The van der Waals surface area contributed by atoms with Gasteiger partial charge in [-0.1, -0.05) is 6.92 Å². The molecule has 0 radical (unpaired) electrons. The molecule has 7 heteroatoms. The van der Waals surface area contributed by atoms with Crippen LogP contribution in [0.15, 0.2) is 17.0 Å². The SMILES string of the molecule is Cc1cc2c(cc1/C=C1/SC(=O)N(CC(=O)OC(C)C)C1=O)C(C)CC(C)(C)N2C(C)C. The number of ether oxygens (including phenoxy) is 1. The van der Waals surface area contributed by atoms with Gasteiger partial charge in [-0.2, -0.15) is 0 Å². The van der Waals surface area contributed by atoms with Crippen LogP contribution >= 0.6 is 11.8 Å². The fourth-order valence-electron chi connectivity index (χ4n) is 4.95. The summed E-state index contributed by atoms with van der Waals surface area (Å²) in [5.74, 6) is -0.654. The summed E-state index contributed by atoms with van der Waals surface area (Å²) in [5.41, 5.74) is 4.53. The third-order valence-corrected chi connectivity index (χ3v) is 6.90. The van der Waals surface area contributed by atoms with Crippen molar-refractivity contribution in [1.29, 1.82) is 0 Å². The highest BCUT2D eigenvalue weighted by molar-refractivity contribution is 8.18. The van der Waals surface area contributed by atoms with Crippen molar-refractivity contribution in [3.05, 3.63) is 33.7 Å². The number of carbonyl (C=O) groups excluding carboxylic acids is 3. The Morgan fingerprint density at radius 3 is 2.50 bits per heavy atom. The number of hydrogen-bond donors (Lipinski definition) is 0. The summed E-state index contributed by atoms with van der Waals surface area (Å²) < 4.78 is 5.08. The fraction of sp³-hybridized carbons (Fsp3) is 0.560. The number of benzene rings is 1. The molecule has 3 rings (SSSR count). The summed E-state index contributed by atoms with van der Waals surface area (Å²) in [6.45, 7) is 16.4. The van der Waals surface area contributed by atoms with E-state index in [0.717, 1.165) is 34.2 Å². The smallest absolute Gasteiger partial charge is 0.326 e. The third kappa shape index (κ3) is 4.72. The molecule has 1 aromatic rings. The molecule has 0 aromatic heterocycles. The third-order valence-electron chi connectivity index (χ3n) is 5.99. The molecule has 0 aliphatic carbocycles. The first-order valence-electron chi connectivity index (χ1n) is 11.2. The van der Waals surface area contributed by atoms with Gasteiger partial charge in [0.15, 0.2) is 0 Å². The first kappa shape index (κ1) is 24.4. The molecule has 1 fully saturated rings. The number of aryl methyl sites for hydroxylation is 1. The van der Waals surface area contributed by atoms with Gasteiger partial charge in [0, 0.05) is 17.3 Å². The fourth-order valence-corrected chi connectivity index (χ4v) is 5.78. The summed E-state index contributed by atoms with van der Waals surface area (Å²) >= 11 is 0.870. The van der Waals surface area contributed by atoms with Crippen LogP contribution in [-0.2, 0) is 14.3 Å². The van der Waals surface area contributed by atoms with Gasteiger partial charge in [-0.05, 0) is 107 Å². The van der Waals surface area contributed by atoms with E-state index < -0.39 is 17.1 Å². The molecule has 1 unspecified atom stereocenters. The van der Waals surface area contributed by atoms with Crippen LogP contribution in [-0.4, -0.2) is 46.2 Å². The molecule has 174 valence electrons. The number of esters is 1. The Kier molecular flexibility index (Phi) is 6.80. The molecule has 1 aromatic carbocycles. The summed E-state index contributed by atoms with van der Waals surface area (Å²) in [4.78, 5) is 40.9. The molecular formula is C25H34N2O4S. The van der Waals surface area contributed by atoms with E-state index >= 15 is 0 Å². The summed E-state index contributed by atoms with van der Waals surface area (Å²) in [5, 5.41) is -0.446. The normalized spacial score (nSPS) is 21.7. The number of thioether (sulfide) groups is 1. The van der Waals surface area contributed by atoms with Crippen molar-refractivity contribution >= 4 is 40.6 Å². The minimum absolute atomic E-state index is 0.0573. The number of anilines is 1. The lowest BCUT2D eigenvalue weighted by Crippen LogP contribution is -2.51. The monoisotopic (exact) mass is 458 g/mol. The van der Waals surface area contributed by atoms with Gasteiger partial charge < -0.3 is 9.64 Å². The molecular weight excluding hydrogens is 424 g/mol. The van der Waals surface area contributed by atoms with Crippen LogP contribution in [0.3, 0.4) is 0 Å². The molecule has 1 atom stereocenters. The molecule has 6 nitrogen and oxygen atoms in total. The lowest BCUT2D eigenvalue weighted by molar-refractivity contribution is -0.149. The summed E-state index contributed by atoms with van der Waals surface area (Å²) in [7, 11) is 0. The Morgan fingerprint density at radius 2 is 1.91 bits per heavy atom. The van der Waals surface area contributed by atoms with Gasteiger partial charge >= 0.3 is 5.97 Å². The Morgan fingerprint density at radius 1 is 1.25 bits per heavy atom. The van der Waals surface area contributed by atoms with Crippen LogP contribution in [0.5, 0.6) is 0 Å². The maximum absolute atomic E-state index is 12.8. The van der Waals surface area contributed by atoms with Gasteiger partial charge in [0.2, 0.25) is 0 Å². The maximum Gasteiger partial charge on any atom is 0.326 e. The van der Waals surface area contributed by atoms with Gasteiger partial charge in [-0.3, -0.25) is 19.3 Å². The Balaban J connectivity index is 1.93. The molecule has 32 heavy (non-hydrogen) atoms. The quantitative estimate of drug-likeness (QED) is 0.430. The predicted octanol–water partition coefficient (Wildman–Crippen LogP) is 5.48. The molecule has 0 saturated carbocycles. The topological polar surface area (TPSA) is 66.9 Å². The minimum atomic E-state index is -0.585. The van der Waals surface area contributed by atoms with Crippen LogP contribution in [0.25, 0.3) is 6.08 Å². The average molecular weight is 459 g/mol. The average Bonchev–Trinajstić information content (AvgIpc) is 2.88. The van der Waals surface area contributed by atoms with Gasteiger partial charge in [-0.25, -0.2) is 0 Å². The van der Waals surface area contributed by atoms with E-state index in [0.29, 0.717) is 16.9 Å². The standard InChI is InChI=1S/C25H34N2O4S/c1-14(2)27-20-9-16(5)18(10-19(20)17(6)12-25(27,7)8)11-21-23(29)26(24(30)32-21)13-22(28)31-15(3)4/h9-11,14-15,17H,12-13H2,1-8H3/b21-11+. The number of amides is 2. The van der Waals surface area contributed by atoms with Gasteiger partial charge in [0.1, 0.15) is 6.54 Å². The number of fused-ring (bicyclic) bond motifs is 1. The van der Waals surface area contributed by atoms with Crippen LogP contribution in [0.2, 0.25) is 0 Å². The molecule has 1 saturated heterocycles. The van der Waals surface area contributed by atoms with Crippen molar-refractivity contribution in [2.75, 3.05) is 11.4 Å². The Hall–Kier alpha value is -2.28. The molecule has 2 heterocycles. The number of imide groups is 1. The molecule has 0 bridgehead atoms. The highest BCUT2D eigenvalue weighted by Gasteiger charge is 2.39. The molecule has 0 spiro atoms. The van der Waals surface area contributed by atoms with Crippen LogP contribution in [0.1, 0.15) is 77.5 Å². The van der Waals surface area contributed by atoms with E-state index in [1.54, 1.807) is 19.9 Å². The van der Waals surface area contributed by atoms with Crippen molar-refractivity contribution in [3.8, 4) is 0 Å². The second-order valence-corrected chi connectivity index (χ2v) is 10.9. The zero-order valence-corrected chi connectivity index (χ0v) is 21.1. The Bertz CT molecular complexity index is 980. The molecule has 0 N–H and O–H groups in total. The zero-order chi connectivity index (χ0) is 24.0. The first-order chi connectivity index (χ1) is 14.8. The van der Waals surface area contributed by atoms with Gasteiger partial charge in [0.05, 0.1) is 11.0 Å². The van der Waals surface area contributed by atoms with Crippen LogP contribution in [0, 0.1) is 6.92 Å². The van der Waals surface area contributed by atoms with E-state index in [2.05, 4.69) is 51.7 Å². The van der Waals surface area contributed by atoms with Gasteiger partial charge in [-0.15, -0.1) is 0 Å². The largest absolute Gasteiger partial charge is 0.462 e. The highest BCUT2D eigenvalue weighted by atomic mass is 32.2. The lowest BCUT2D eigenvalue weighted by atomic mass is 9.78. The maximum atomic E-state index is 12.8. The predicted molar refractivity (Wildman–Crippen MR) is 130 cm³/mol. The van der Waals surface area contributed by atoms with E-state index in [4.69, 9.17) is 4.74 Å². The molecule has 2 aliphatic heterocycles. The molecule has 2 amide bonds. The number of carbonyl (C=O) groups is 3. The second kappa shape index (κ2) is 8.93. The van der Waals surface area contributed by atoms with Gasteiger partial charge in [0.25, 0.3) is 11.1 Å². The van der Waals surface area contributed by atoms with Crippen LogP contribution < -0.4 is 4.90 Å². The van der Waals surface area contributed by atoms with Crippen molar-refractivity contribution in [3.63, 3.8) is 0 Å². The number of nitrogens with zero attached hydrogens (tertiary/aromatic N) is 2. The first-order valence-corrected chi connectivity index (χ1v) is 12.0. The van der Waals surface area contributed by atoms with E-state index in [9.17, 15) is 14.4 Å². The van der Waals surface area contributed by atoms with Crippen molar-refractivity contribution < 1.29 is 19.1 Å². The number of hydrogen-bond acceptors (Lipinski definition) is 6. The summed E-state index contributed by atoms with van der Waals surface area (Å²) in [6, 6.07) is 4.72.